The van der Waals surface area contributed by atoms with Gasteiger partial charge in [0, 0.05) is 23.3 Å². The molecule has 0 aliphatic rings. The smallest absolute Gasteiger partial charge is 0.150 e. The molecule has 1 aromatic carbocycles. The van der Waals surface area contributed by atoms with Crippen LogP contribution in [-0.4, -0.2) is 20.8 Å². The standard InChI is InChI=1S/C13H9N3O/c17-8-10-2-1-3-12-11(10)4-5-13(15-12)16-7-6-14-9-16/h1-9H. The summed E-state index contributed by atoms with van der Waals surface area (Å²) < 4.78 is 1.83. The molecule has 0 atom stereocenters. The monoisotopic (exact) mass is 223 g/mol. The fraction of sp³-hybridized carbons (Fsp3) is 0. The molecule has 2 heterocycles. The lowest BCUT2D eigenvalue weighted by Crippen LogP contribution is -1.95. The van der Waals surface area contributed by atoms with E-state index >= 15 is 0 Å². The molecule has 3 aromatic rings. The number of nitrogens with zero attached hydrogens (tertiary/aromatic N) is 3. The Morgan fingerprint density at radius 3 is 2.88 bits per heavy atom. The van der Waals surface area contributed by atoms with E-state index in [1.807, 2.05) is 35.0 Å². The molecule has 82 valence electrons. The molecule has 3 rings (SSSR count). The van der Waals surface area contributed by atoms with Gasteiger partial charge in [0.15, 0.2) is 6.29 Å². The minimum absolute atomic E-state index is 0.659. The maximum atomic E-state index is 10.9. The highest BCUT2D eigenvalue weighted by Gasteiger charge is 2.03. The number of imidazole rings is 1. The van der Waals surface area contributed by atoms with Crippen LogP contribution in [0.4, 0.5) is 0 Å². The Balaban J connectivity index is 2.24. The Labute approximate surface area is 97.6 Å². The van der Waals surface area contributed by atoms with E-state index < -0.39 is 0 Å². The molecule has 0 aliphatic heterocycles. The predicted octanol–water partition coefficient (Wildman–Crippen LogP) is 2.23. The third-order valence-corrected chi connectivity index (χ3v) is 2.65. The highest BCUT2D eigenvalue weighted by atomic mass is 16.1. The van der Waals surface area contributed by atoms with Gasteiger partial charge in [-0.15, -0.1) is 0 Å². The average Bonchev–Trinajstić information content (AvgIpc) is 2.91. The van der Waals surface area contributed by atoms with Gasteiger partial charge in [-0.05, 0) is 18.2 Å². The molecule has 0 fully saturated rings. The Morgan fingerprint density at radius 2 is 2.12 bits per heavy atom. The number of aromatic nitrogens is 3. The largest absolute Gasteiger partial charge is 0.298 e. The summed E-state index contributed by atoms with van der Waals surface area (Å²) in [6.45, 7) is 0. The molecule has 17 heavy (non-hydrogen) atoms. The summed E-state index contributed by atoms with van der Waals surface area (Å²) in [6.07, 6.45) is 6.07. The number of fused-ring (bicyclic) bond motifs is 1. The maximum absolute atomic E-state index is 10.9. The molecular formula is C13H9N3O. The summed E-state index contributed by atoms with van der Waals surface area (Å²) in [5.74, 6) is 0.790. The molecule has 0 N–H and O–H groups in total. The van der Waals surface area contributed by atoms with Crippen LogP contribution in [0.3, 0.4) is 0 Å². The van der Waals surface area contributed by atoms with Gasteiger partial charge in [0.25, 0.3) is 0 Å². The van der Waals surface area contributed by atoms with Crippen LogP contribution >= 0.6 is 0 Å². The van der Waals surface area contributed by atoms with Crippen molar-refractivity contribution in [3.8, 4) is 5.82 Å². The zero-order valence-corrected chi connectivity index (χ0v) is 8.95. The van der Waals surface area contributed by atoms with Crippen molar-refractivity contribution < 1.29 is 4.79 Å². The molecule has 0 radical (unpaired) electrons. The van der Waals surface area contributed by atoms with Crippen molar-refractivity contribution >= 4 is 17.2 Å². The molecule has 0 saturated carbocycles. The van der Waals surface area contributed by atoms with Crippen molar-refractivity contribution in [2.45, 2.75) is 0 Å². The highest BCUT2D eigenvalue weighted by molar-refractivity contribution is 5.96. The van der Waals surface area contributed by atoms with E-state index in [-0.39, 0.29) is 0 Å². The fourth-order valence-corrected chi connectivity index (χ4v) is 1.81. The number of carbonyl (C=O) groups excluding carboxylic acids is 1. The zero-order chi connectivity index (χ0) is 11.7. The van der Waals surface area contributed by atoms with Crippen LogP contribution in [-0.2, 0) is 0 Å². The summed E-state index contributed by atoms with van der Waals surface area (Å²) >= 11 is 0. The van der Waals surface area contributed by atoms with Crippen molar-refractivity contribution in [2.75, 3.05) is 0 Å². The molecule has 4 heteroatoms. The van der Waals surface area contributed by atoms with Crippen LogP contribution < -0.4 is 0 Å². The van der Waals surface area contributed by atoms with E-state index in [1.165, 1.54) is 0 Å². The average molecular weight is 223 g/mol. The van der Waals surface area contributed by atoms with E-state index in [1.54, 1.807) is 18.6 Å². The molecule has 4 nitrogen and oxygen atoms in total. The molecule has 0 spiro atoms. The third kappa shape index (κ3) is 1.59. The van der Waals surface area contributed by atoms with Crippen LogP contribution in [0.5, 0.6) is 0 Å². The lowest BCUT2D eigenvalue weighted by molar-refractivity contribution is 0.112. The summed E-state index contributed by atoms with van der Waals surface area (Å²) in [5, 5.41) is 0.867. The van der Waals surface area contributed by atoms with Gasteiger partial charge in [-0.25, -0.2) is 9.97 Å². The van der Waals surface area contributed by atoms with Gasteiger partial charge in [-0.1, -0.05) is 12.1 Å². The van der Waals surface area contributed by atoms with E-state index in [9.17, 15) is 4.79 Å². The van der Waals surface area contributed by atoms with E-state index in [0.717, 1.165) is 23.0 Å². The van der Waals surface area contributed by atoms with E-state index in [2.05, 4.69) is 9.97 Å². The number of aldehydes is 1. The zero-order valence-electron chi connectivity index (χ0n) is 8.95. The van der Waals surface area contributed by atoms with Crippen LogP contribution in [0.25, 0.3) is 16.7 Å². The first kappa shape index (κ1) is 9.72. The number of carbonyl (C=O) groups is 1. The van der Waals surface area contributed by atoms with Gasteiger partial charge in [0.05, 0.1) is 5.52 Å². The second kappa shape index (κ2) is 3.83. The van der Waals surface area contributed by atoms with Crippen molar-refractivity contribution in [3.05, 3.63) is 54.6 Å². The van der Waals surface area contributed by atoms with Gasteiger partial charge < -0.3 is 0 Å². The summed E-state index contributed by atoms with van der Waals surface area (Å²) in [5.41, 5.74) is 1.47. The lowest BCUT2D eigenvalue weighted by atomic mass is 10.1. The van der Waals surface area contributed by atoms with Gasteiger partial charge in [-0.2, -0.15) is 0 Å². The summed E-state index contributed by atoms with van der Waals surface area (Å²) in [6, 6.07) is 9.28. The number of hydrogen-bond acceptors (Lipinski definition) is 3. The third-order valence-electron chi connectivity index (χ3n) is 2.65. The van der Waals surface area contributed by atoms with Crippen LogP contribution in [0.1, 0.15) is 10.4 Å². The van der Waals surface area contributed by atoms with Crippen molar-refractivity contribution in [3.63, 3.8) is 0 Å². The van der Waals surface area contributed by atoms with Crippen molar-refractivity contribution in [1.29, 1.82) is 0 Å². The van der Waals surface area contributed by atoms with E-state index in [0.29, 0.717) is 5.56 Å². The molecule has 2 aromatic heterocycles. The van der Waals surface area contributed by atoms with E-state index in [4.69, 9.17) is 0 Å². The van der Waals surface area contributed by atoms with Gasteiger partial charge in [0.2, 0.25) is 0 Å². The summed E-state index contributed by atoms with van der Waals surface area (Å²) in [7, 11) is 0. The maximum Gasteiger partial charge on any atom is 0.150 e. The first-order valence-electron chi connectivity index (χ1n) is 5.22. The van der Waals surface area contributed by atoms with Gasteiger partial charge in [-0.3, -0.25) is 9.36 Å². The minimum atomic E-state index is 0.659. The van der Waals surface area contributed by atoms with Gasteiger partial charge in [0.1, 0.15) is 12.1 Å². The lowest BCUT2D eigenvalue weighted by Gasteiger charge is -2.04. The number of benzene rings is 1. The number of rotatable bonds is 2. The Bertz CT molecular complexity index is 674. The molecule has 0 saturated heterocycles. The normalized spacial score (nSPS) is 10.6. The van der Waals surface area contributed by atoms with Crippen LogP contribution in [0.2, 0.25) is 0 Å². The molecular weight excluding hydrogens is 214 g/mol. The Morgan fingerprint density at radius 1 is 1.18 bits per heavy atom. The minimum Gasteiger partial charge on any atom is -0.298 e. The molecule has 0 aliphatic carbocycles. The predicted molar refractivity (Wildman–Crippen MR) is 64.3 cm³/mol. The van der Waals surface area contributed by atoms with Crippen molar-refractivity contribution in [2.24, 2.45) is 0 Å². The second-order valence-corrected chi connectivity index (χ2v) is 3.67. The molecule has 0 amide bonds. The second-order valence-electron chi connectivity index (χ2n) is 3.67. The molecule has 0 bridgehead atoms. The van der Waals surface area contributed by atoms with Gasteiger partial charge >= 0.3 is 0 Å². The first-order chi connectivity index (χ1) is 8.38. The fourth-order valence-electron chi connectivity index (χ4n) is 1.81. The number of pyridine rings is 1. The highest BCUT2D eigenvalue weighted by Crippen LogP contribution is 2.17. The van der Waals surface area contributed by atoms with Crippen LogP contribution in [0.15, 0.2) is 49.1 Å². The Hall–Kier alpha value is -2.49. The molecule has 0 unspecified atom stereocenters. The quantitative estimate of drug-likeness (QED) is 0.626. The first-order valence-corrected chi connectivity index (χ1v) is 5.22. The topological polar surface area (TPSA) is 47.8 Å². The number of hydrogen-bond donors (Lipinski definition) is 0. The SMILES string of the molecule is O=Cc1cccc2nc(-n3ccnc3)ccc12. The summed E-state index contributed by atoms with van der Waals surface area (Å²) in [4.78, 5) is 19.4. The Kier molecular flexibility index (Phi) is 2.19. The van der Waals surface area contributed by atoms with Crippen LogP contribution in [0, 0.1) is 0 Å². The van der Waals surface area contributed by atoms with Crippen molar-refractivity contribution in [1.82, 2.24) is 14.5 Å².